The van der Waals surface area contributed by atoms with E-state index in [0.717, 1.165) is 0 Å². The molecule has 0 aromatic heterocycles. The summed E-state index contributed by atoms with van der Waals surface area (Å²) in [6.45, 7) is 7.50. The molecular formula is C7H14NOS. The molecule has 2 nitrogen and oxygen atoms in total. The minimum Gasteiger partial charge on any atom is -0.351 e. The summed E-state index contributed by atoms with van der Waals surface area (Å²) >= 11 is 4.76. The fraction of sp³-hybridized carbons (Fsp3) is 0.857. The highest BCUT2D eigenvalue weighted by atomic mass is 32.1. The average molecular weight is 160 g/mol. The number of hydrogen-bond acceptors (Lipinski definition) is 1. The maximum absolute atomic E-state index is 10.9. The molecule has 1 radical (unpaired) electrons. The van der Waals surface area contributed by atoms with Gasteiger partial charge in [0.25, 0.3) is 0 Å². The van der Waals surface area contributed by atoms with Gasteiger partial charge in [-0.3, -0.25) is 4.79 Å². The molecule has 1 amide bonds. The minimum atomic E-state index is -0.334. The molecule has 0 aromatic carbocycles. The van der Waals surface area contributed by atoms with Gasteiger partial charge in [-0.2, -0.15) is 0 Å². The van der Waals surface area contributed by atoms with E-state index >= 15 is 0 Å². The van der Waals surface area contributed by atoms with Gasteiger partial charge in [-0.05, 0) is 27.7 Å². The molecule has 10 heavy (non-hydrogen) atoms. The van der Waals surface area contributed by atoms with Crippen LogP contribution in [0.3, 0.4) is 0 Å². The Hall–Kier alpha value is -0.180. The molecule has 0 fully saturated rings. The van der Waals surface area contributed by atoms with E-state index in [1.165, 1.54) is 0 Å². The lowest BCUT2D eigenvalue weighted by molar-refractivity contribution is -0.121. The van der Waals surface area contributed by atoms with Gasteiger partial charge in [0.1, 0.15) is 0 Å². The minimum absolute atomic E-state index is 0.0671. The highest BCUT2D eigenvalue weighted by molar-refractivity contribution is 7.81. The molecular weight excluding hydrogens is 146 g/mol. The molecule has 0 aliphatic rings. The second-order valence-electron chi connectivity index (χ2n) is 3.38. The second-order valence-corrected chi connectivity index (χ2v) is 4.09. The van der Waals surface area contributed by atoms with E-state index < -0.39 is 0 Å². The van der Waals surface area contributed by atoms with E-state index in [1.807, 2.05) is 20.8 Å². The predicted molar refractivity (Wildman–Crippen MR) is 44.9 cm³/mol. The summed E-state index contributed by atoms with van der Waals surface area (Å²) in [5.41, 5.74) is -0.163. The lowest BCUT2D eigenvalue weighted by Crippen LogP contribution is -2.43. The standard InChI is InChI=1S/C7H14NOS/c1-5(10)6(9)8-7(2,3)4/h5H,1-4H3,(H,8,9). The summed E-state index contributed by atoms with van der Waals surface area (Å²) in [6, 6.07) is 0. The fourth-order valence-electron chi connectivity index (χ4n) is 0.471. The van der Waals surface area contributed by atoms with Gasteiger partial charge in [-0.15, -0.1) is 0 Å². The van der Waals surface area contributed by atoms with E-state index in [1.54, 1.807) is 6.92 Å². The first-order valence-corrected chi connectivity index (χ1v) is 3.78. The third kappa shape index (κ3) is 4.68. The van der Waals surface area contributed by atoms with Gasteiger partial charge >= 0.3 is 0 Å². The van der Waals surface area contributed by atoms with Crippen molar-refractivity contribution in [3.63, 3.8) is 0 Å². The summed E-state index contributed by atoms with van der Waals surface area (Å²) in [7, 11) is 0. The Kier molecular flexibility index (Phi) is 3.22. The zero-order valence-corrected chi connectivity index (χ0v) is 7.71. The largest absolute Gasteiger partial charge is 0.351 e. The molecule has 3 heteroatoms. The first-order valence-electron chi connectivity index (χ1n) is 3.31. The topological polar surface area (TPSA) is 29.1 Å². The van der Waals surface area contributed by atoms with Crippen LogP contribution in [-0.2, 0) is 4.79 Å². The first kappa shape index (κ1) is 9.82. The van der Waals surface area contributed by atoms with Gasteiger partial charge in [-0.25, -0.2) is 0 Å². The van der Waals surface area contributed by atoms with Crippen LogP contribution in [0.25, 0.3) is 0 Å². The zero-order valence-electron chi connectivity index (χ0n) is 6.89. The van der Waals surface area contributed by atoms with E-state index in [-0.39, 0.29) is 16.7 Å². The summed E-state index contributed by atoms with van der Waals surface area (Å²) < 4.78 is 0. The van der Waals surface area contributed by atoms with Crippen molar-refractivity contribution in [2.24, 2.45) is 0 Å². The zero-order chi connectivity index (χ0) is 8.36. The molecule has 1 unspecified atom stereocenters. The Morgan fingerprint density at radius 3 is 2.00 bits per heavy atom. The van der Waals surface area contributed by atoms with Crippen molar-refractivity contribution < 1.29 is 4.79 Å². The maximum atomic E-state index is 10.9. The van der Waals surface area contributed by atoms with E-state index in [4.69, 9.17) is 12.6 Å². The predicted octanol–water partition coefficient (Wildman–Crippen LogP) is 1.49. The SMILES string of the molecule is CC([S])C(=O)NC(C)(C)C. The van der Waals surface area contributed by atoms with Crippen LogP contribution in [0.2, 0.25) is 0 Å². The van der Waals surface area contributed by atoms with Crippen LogP contribution in [-0.4, -0.2) is 16.7 Å². The van der Waals surface area contributed by atoms with E-state index in [2.05, 4.69) is 5.32 Å². The average Bonchev–Trinajstić information content (AvgIpc) is 1.60. The number of carbonyl (C=O) groups excluding carboxylic acids is 1. The van der Waals surface area contributed by atoms with E-state index in [0.29, 0.717) is 0 Å². The number of nitrogens with one attached hydrogen (secondary N) is 1. The smallest absolute Gasteiger partial charge is 0.234 e. The van der Waals surface area contributed by atoms with Crippen molar-refractivity contribution in [2.45, 2.75) is 38.5 Å². The monoisotopic (exact) mass is 160 g/mol. The van der Waals surface area contributed by atoms with Crippen LogP contribution in [0.15, 0.2) is 0 Å². The summed E-state index contributed by atoms with van der Waals surface area (Å²) in [6.07, 6.45) is 0. The first-order chi connectivity index (χ1) is 4.33. The number of amides is 1. The molecule has 0 saturated heterocycles. The van der Waals surface area contributed by atoms with Gasteiger partial charge in [0.15, 0.2) is 0 Å². The third-order valence-corrected chi connectivity index (χ3v) is 1.08. The molecule has 0 heterocycles. The Morgan fingerprint density at radius 2 is 1.90 bits per heavy atom. The summed E-state index contributed by atoms with van der Waals surface area (Å²) in [5, 5.41) is 2.44. The third-order valence-electron chi connectivity index (χ3n) is 0.867. The maximum Gasteiger partial charge on any atom is 0.234 e. The normalized spacial score (nSPS) is 14.5. The van der Waals surface area contributed by atoms with Crippen LogP contribution >= 0.6 is 12.6 Å². The molecule has 0 aromatic rings. The van der Waals surface area contributed by atoms with Crippen LogP contribution in [0.1, 0.15) is 27.7 Å². The Bertz CT molecular complexity index is 126. The van der Waals surface area contributed by atoms with Crippen molar-refractivity contribution >= 4 is 18.5 Å². The number of carbonyl (C=O) groups is 1. The van der Waals surface area contributed by atoms with Crippen molar-refractivity contribution in [3.8, 4) is 0 Å². The summed E-state index contributed by atoms with van der Waals surface area (Å²) in [5.74, 6) is -0.0671. The van der Waals surface area contributed by atoms with Crippen LogP contribution in [0.5, 0.6) is 0 Å². The summed E-state index contributed by atoms with van der Waals surface area (Å²) in [4.78, 5) is 10.9. The van der Waals surface area contributed by atoms with Crippen LogP contribution < -0.4 is 5.32 Å². The molecule has 0 aliphatic carbocycles. The van der Waals surface area contributed by atoms with Crippen molar-refractivity contribution in [1.82, 2.24) is 5.32 Å². The molecule has 1 atom stereocenters. The van der Waals surface area contributed by atoms with E-state index in [9.17, 15) is 4.79 Å². The van der Waals surface area contributed by atoms with Gasteiger partial charge in [0.05, 0.1) is 5.25 Å². The molecule has 59 valence electrons. The van der Waals surface area contributed by atoms with Crippen molar-refractivity contribution in [1.29, 1.82) is 0 Å². The van der Waals surface area contributed by atoms with Gasteiger partial charge < -0.3 is 5.32 Å². The number of hydrogen-bond donors (Lipinski definition) is 1. The Balaban J connectivity index is 3.81. The fourth-order valence-corrected chi connectivity index (χ4v) is 0.530. The van der Waals surface area contributed by atoms with Gasteiger partial charge in [-0.1, -0.05) is 12.6 Å². The molecule has 0 saturated carbocycles. The number of rotatable bonds is 1. The second kappa shape index (κ2) is 3.28. The highest BCUT2D eigenvalue weighted by Crippen LogP contribution is 2.01. The molecule has 0 aliphatic heterocycles. The highest BCUT2D eigenvalue weighted by Gasteiger charge is 2.16. The Labute approximate surface area is 67.8 Å². The van der Waals surface area contributed by atoms with Crippen molar-refractivity contribution in [2.75, 3.05) is 0 Å². The lowest BCUT2D eigenvalue weighted by atomic mass is 10.1. The molecule has 0 rings (SSSR count). The van der Waals surface area contributed by atoms with Crippen LogP contribution in [0, 0.1) is 0 Å². The molecule has 1 N–H and O–H groups in total. The quantitative estimate of drug-likeness (QED) is 0.618. The lowest BCUT2D eigenvalue weighted by Gasteiger charge is -2.21. The Morgan fingerprint density at radius 1 is 1.50 bits per heavy atom. The molecule has 0 bridgehead atoms. The van der Waals surface area contributed by atoms with Gasteiger partial charge in [0, 0.05) is 5.54 Å². The molecule has 0 spiro atoms. The van der Waals surface area contributed by atoms with Gasteiger partial charge in [0.2, 0.25) is 5.91 Å². The van der Waals surface area contributed by atoms with Crippen molar-refractivity contribution in [3.05, 3.63) is 0 Å². The van der Waals surface area contributed by atoms with Crippen LogP contribution in [0.4, 0.5) is 0 Å².